The van der Waals surface area contributed by atoms with Gasteiger partial charge in [0.15, 0.2) is 0 Å². The molecule has 48 valence electrons. The minimum Gasteiger partial charge on any atom is -0.0956 e. The van der Waals surface area contributed by atoms with E-state index in [4.69, 9.17) is 0 Å². The molecule has 0 unspecified atom stereocenters. The highest BCUT2D eigenvalue weighted by molar-refractivity contribution is 7.61. The minimum absolute atomic E-state index is 0.190. The quantitative estimate of drug-likeness (QED) is 0.515. The summed E-state index contributed by atoms with van der Waals surface area (Å²) < 4.78 is 0. The third kappa shape index (κ3) is 2.47. The number of allylic oxidation sites excluding steroid dienone is 1. The molecule has 0 N–H and O–H groups in total. The Balaban J connectivity index is 3.52. The van der Waals surface area contributed by atoms with Crippen LogP contribution in [0.3, 0.4) is 0 Å². The Morgan fingerprint density at radius 3 is 1.75 bits per heavy atom. The lowest BCUT2D eigenvalue weighted by Gasteiger charge is -2.10. The van der Waals surface area contributed by atoms with Crippen LogP contribution in [0.25, 0.3) is 0 Å². The lowest BCUT2D eigenvalue weighted by molar-refractivity contribution is 1.40. The van der Waals surface area contributed by atoms with E-state index in [1.165, 1.54) is 17.6 Å². The first kappa shape index (κ1) is 8.17. The van der Waals surface area contributed by atoms with Gasteiger partial charge in [0.25, 0.3) is 0 Å². The van der Waals surface area contributed by atoms with Crippen LogP contribution in [0.4, 0.5) is 0 Å². The Labute approximate surface area is 53.7 Å². The first-order valence-electron chi connectivity index (χ1n) is 3.12. The summed E-state index contributed by atoms with van der Waals surface area (Å²) >= 11 is 0. The van der Waals surface area contributed by atoms with Gasteiger partial charge in [0.2, 0.25) is 0 Å². The predicted octanol–water partition coefficient (Wildman–Crippen LogP) is 3.04. The Kier molecular flexibility index (Phi) is 4.18. The predicted molar refractivity (Wildman–Crippen MR) is 42.8 cm³/mol. The Hall–Kier alpha value is 0.170. The minimum atomic E-state index is 0.190. The molecular weight excluding hydrogens is 115 g/mol. The largest absolute Gasteiger partial charge is 0.0956 e. The van der Waals surface area contributed by atoms with Crippen molar-refractivity contribution in [3.05, 3.63) is 11.9 Å². The number of hydrogen-bond acceptors (Lipinski definition) is 0. The maximum atomic E-state index is 3.93. The maximum absolute atomic E-state index is 3.93. The monoisotopic (exact) mass is 130 g/mol. The molecule has 0 saturated heterocycles. The summed E-state index contributed by atoms with van der Waals surface area (Å²) in [7, 11) is 0.190. The SMILES string of the molecule is C=C(C)P(CC)CC. The molecule has 0 saturated carbocycles. The Bertz CT molecular complexity index is 72.5. The van der Waals surface area contributed by atoms with Crippen LogP contribution in [0.2, 0.25) is 0 Å². The first-order valence-corrected chi connectivity index (χ1v) is 4.84. The van der Waals surface area contributed by atoms with Gasteiger partial charge >= 0.3 is 0 Å². The summed E-state index contributed by atoms with van der Waals surface area (Å²) in [4.78, 5) is 0. The van der Waals surface area contributed by atoms with Crippen molar-refractivity contribution >= 4 is 7.92 Å². The molecule has 0 aliphatic rings. The highest BCUT2D eigenvalue weighted by Crippen LogP contribution is 2.41. The van der Waals surface area contributed by atoms with Crippen molar-refractivity contribution in [1.29, 1.82) is 0 Å². The fraction of sp³-hybridized carbons (Fsp3) is 0.714. The molecule has 0 bridgehead atoms. The van der Waals surface area contributed by atoms with Crippen molar-refractivity contribution < 1.29 is 0 Å². The van der Waals surface area contributed by atoms with Gasteiger partial charge in [-0.1, -0.05) is 33.7 Å². The van der Waals surface area contributed by atoms with Crippen molar-refractivity contribution in [2.75, 3.05) is 12.3 Å². The number of hydrogen-bond donors (Lipinski definition) is 0. The molecule has 0 radical (unpaired) electrons. The average Bonchev–Trinajstić information content (AvgIpc) is 1.69. The van der Waals surface area contributed by atoms with Gasteiger partial charge in [0, 0.05) is 0 Å². The van der Waals surface area contributed by atoms with Crippen LogP contribution in [0.5, 0.6) is 0 Å². The highest BCUT2D eigenvalue weighted by atomic mass is 31.1. The molecule has 0 atom stereocenters. The van der Waals surface area contributed by atoms with E-state index in [1.54, 1.807) is 0 Å². The zero-order valence-corrected chi connectivity index (χ0v) is 6.96. The van der Waals surface area contributed by atoms with Gasteiger partial charge < -0.3 is 0 Å². The van der Waals surface area contributed by atoms with Gasteiger partial charge in [-0.05, 0) is 19.2 Å². The zero-order valence-electron chi connectivity index (χ0n) is 6.07. The summed E-state index contributed by atoms with van der Waals surface area (Å²) in [6.45, 7) is 10.5. The van der Waals surface area contributed by atoms with Gasteiger partial charge in [-0.15, -0.1) is 0 Å². The third-order valence-electron chi connectivity index (χ3n) is 1.30. The normalized spacial score (nSPS) is 10.0. The fourth-order valence-corrected chi connectivity index (χ4v) is 2.29. The molecular formula is C7H15P. The van der Waals surface area contributed by atoms with Gasteiger partial charge in [-0.2, -0.15) is 0 Å². The Morgan fingerprint density at radius 2 is 1.75 bits per heavy atom. The summed E-state index contributed by atoms with van der Waals surface area (Å²) in [5, 5.41) is 1.39. The highest BCUT2D eigenvalue weighted by Gasteiger charge is 1.99. The molecule has 0 aromatic rings. The molecule has 0 aliphatic carbocycles. The molecule has 0 rings (SSSR count). The van der Waals surface area contributed by atoms with Crippen LogP contribution in [-0.4, -0.2) is 12.3 Å². The van der Waals surface area contributed by atoms with E-state index in [0.29, 0.717) is 0 Å². The summed E-state index contributed by atoms with van der Waals surface area (Å²) in [5.41, 5.74) is 0. The summed E-state index contributed by atoms with van der Waals surface area (Å²) in [6, 6.07) is 0. The van der Waals surface area contributed by atoms with E-state index in [2.05, 4.69) is 27.4 Å². The van der Waals surface area contributed by atoms with Crippen molar-refractivity contribution in [2.24, 2.45) is 0 Å². The van der Waals surface area contributed by atoms with E-state index in [-0.39, 0.29) is 7.92 Å². The van der Waals surface area contributed by atoms with E-state index in [1.807, 2.05) is 0 Å². The molecule has 0 nitrogen and oxygen atoms in total. The molecule has 0 spiro atoms. The maximum Gasteiger partial charge on any atom is -0.0318 e. The smallest absolute Gasteiger partial charge is 0.0318 e. The van der Waals surface area contributed by atoms with Gasteiger partial charge in [0.05, 0.1) is 0 Å². The fourth-order valence-electron chi connectivity index (χ4n) is 0.763. The second kappa shape index (κ2) is 4.09. The summed E-state index contributed by atoms with van der Waals surface area (Å²) in [6.07, 6.45) is 2.61. The van der Waals surface area contributed by atoms with Gasteiger partial charge in [-0.3, -0.25) is 0 Å². The lowest BCUT2D eigenvalue weighted by atomic mass is 10.8. The molecule has 1 heteroatoms. The standard InChI is InChI=1S/C7H15P/c1-5-8(6-2)7(3)4/h3,5-6H2,1-2,4H3. The number of rotatable bonds is 3. The first-order chi connectivity index (χ1) is 3.72. The van der Waals surface area contributed by atoms with Gasteiger partial charge in [-0.25, -0.2) is 0 Å². The van der Waals surface area contributed by atoms with Crippen molar-refractivity contribution in [3.63, 3.8) is 0 Å². The molecule has 0 fully saturated rings. The van der Waals surface area contributed by atoms with Crippen molar-refractivity contribution in [3.8, 4) is 0 Å². The van der Waals surface area contributed by atoms with Crippen LogP contribution < -0.4 is 0 Å². The van der Waals surface area contributed by atoms with Crippen LogP contribution in [0, 0.1) is 0 Å². The average molecular weight is 130 g/mol. The van der Waals surface area contributed by atoms with E-state index >= 15 is 0 Å². The molecule has 0 aromatic heterocycles. The van der Waals surface area contributed by atoms with E-state index in [9.17, 15) is 0 Å². The second-order valence-electron chi connectivity index (χ2n) is 1.91. The van der Waals surface area contributed by atoms with E-state index in [0.717, 1.165) is 0 Å². The van der Waals surface area contributed by atoms with Crippen molar-refractivity contribution in [1.82, 2.24) is 0 Å². The lowest BCUT2D eigenvalue weighted by Crippen LogP contribution is -1.81. The van der Waals surface area contributed by atoms with E-state index < -0.39 is 0 Å². The molecule has 0 heterocycles. The van der Waals surface area contributed by atoms with Crippen molar-refractivity contribution in [2.45, 2.75) is 20.8 Å². The molecule has 0 aromatic carbocycles. The molecule has 0 amide bonds. The molecule has 0 aliphatic heterocycles. The zero-order chi connectivity index (χ0) is 6.57. The summed E-state index contributed by atoms with van der Waals surface area (Å²) in [5.74, 6) is 0. The topological polar surface area (TPSA) is 0 Å². The van der Waals surface area contributed by atoms with Crippen LogP contribution in [0.1, 0.15) is 20.8 Å². The van der Waals surface area contributed by atoms with Crippen LogP contribution in [0.15, 0.2) is 11.9 Å². The Morgan fingerprint density at radius 1 is 1.38 bits per heavy atom. The molecule has 8 heavy (non-hydrogen) atoms. The van der Waals surface area contributed by atoms with Crippen LogP contribution >= 0.6 is 7.92 Å². The third-order valence-corrected chi connectivity index (χ3v) is 3.91. The van der Waals surface area contributed by atoms with Crippen LogP contribution in [-0.2, 0) is 0 Å². The second-order valence-corrected chi connectivity index (χ2v) is 5.02. The van der Waals surface area contributed by atoms with Gasteiger partial charge in [0.1, 0.15) is 0 Å².